The van der Waals surface area contributed by atoms with Gasteiger partial charge in [0, 0.05) is 5.75 Å². The van der Waals surface area contributed by atoms with E-state index >= 15 is 0 Å². The van der Waals surface area contributed by atoms with Crippen molar-refractivity contribution in [3.63, 3.8) is 0 Å². The molecule has 0 amide bonds. The number of tetrazole rings is 1. The fourth-order valence-corrected chi connectivity index (χ4v) is 2.01. The van der Waals surface area contributed by atoms with Crippen LogP contribution in [0.4, 0.5) is 0 Å². The lowest BCUT2D eigenvalue weighted by molar-refractivity contribution is 0.485. The van der Waals surface area contributed by atoms with Crippen molar-refractivity contribution in [2.75, 3.05) is 11.5 Å². The summed E-state index contributed by atoms with van der Waals surface area (Å²) < 4.78 is 28.8. The second-order valence-corrected chi connectivity index (χ2v) is 4.46. The van der Waals surface area contributed by atoms with E-state index in [1.807, 2.05) is 0 Å². The molecule has 0 bridgehead atoms. The van der Waals surface area contributed by atoms with Crippen molar-refractivity contribution in [2.45, 2.75) is 5.16 Å². The first-order valence-electron chi connectivity index (χ1n) is 2.89. The summed E-state index contributed by atoms with van der Waals surface area (Å²) in [6.45, 7) is 0. The van der Waals surface area contributed by atoms with E-state index < -0.39 is 10.1 Å². The first kappa shape index (κ1) is 9.42. The van der Waals surface area contributed by atoms with E-state index in [9.17, 15) is 8.42 Å². The predicted octanol–water partition coefficient (Wildman–Crippen LogP) is -0.820. The van der Waals surface area contributed by atoms with Gasteiger partial charge in [-0.1, -0.05) is 11.8 Å². The van der Waals surface area contributed by atoms with Crippen LogP contribution in [0.3, 0.4) is 0 Å². The molecule has 0 saturated carbocycles. The van der Waals surface area contributed by atoms with Crippen molar-refractivity contribution >= 4 is 21.9 Å². The molecule has 1 heterocycles. The fourth-order valence-electron chi connectivity index (χ4n) is 0.452. The molecule has 9 heteroatoms. The lowest BCUT2D eigenvalue weighted by atomic mass is 11.0. The number of thioether (sulfide) groups is 1. The third-order valence-electron chi connectivity index (χ3n) is 0.898. The zero-order valence-electron chi connectivity index (χ0n) is 5.84. The number of aromatic nitrogens is 4. The van der Waals surface area contributed by atoms with E-state index in [1.165, 1.54) is 0 Å². The van der Waals surface area contributed by atoms with Gasteiger partial charge < -0.3 is 0 Å². The van der Waals surface area contributed by atoms with Gasteiger partial charge in [0.1, 0.15) is 0 Å². The Morgan fingerprint density at radius 1 is 1.58 bits per heavy atom. The van der Waals surface area contributed by atoms with Crippen molar-refractivity contribution < 1.29 is 13.0 Å². The molecule has 0 aliphatic heterocycles. The summed E-state index contributed by atoms with van der Waals surface area (Å²) in [5.41, 5.74) is 0. The van der Waals surface area contributed by atoms with Crippen LogP contribution < -0.4 is 0 Å². The van der Waals surface area contributed by atoms with E-state index in [2.05, 4.69) is 20.6 Å². The van der Waals surface area contributed by atoms with Crippen LogP contribution in [0.2, 0.25) is 0 Å². The summed E-state index contributed by atoms with van der Waals surface area (Å²) in [5.74, 6) is -0.107. The maximum Gasteiger partial charge on any atom is 0.265 e. The largest absolute Gasteiger partial charge is 0.286 e. The molecule has 0 saturated heterocycles. The molecule has 0 unspecified atom stereocenters. The van der Waals surface area contributed by atoms with E-state index in [1.54, 1.807) is 0 Å². The molecule has 12 heavy (non-hydrogen) atoms. The summed E-state index contributed by atoms with van der Waals surface area (Å²) in [7, 11) is -3.88. The van der Waals surface area contributed by atoms with Crippen molar-refractivity contribution in [3.8, 4) is 0 Å². The topological polar surface area (TPSA) is 109 Å². The zero-order valence-corrected chi connectivity index (χ0v) is 7.47. The molecular weight excluding hydrogens is 204 g/mol. The first-order chi connectivity index (χ1) is 5.58. The standard InChI is InChI=1S/C3H6N4O3S2/c8-12(9,10)2-1-11-3-4-6-7-5-3/h1-2H2,(H,8,9,10)(H,4,5,6,7). The molecule has 1 aromatic rings. The van der Waals surface area contributed by atoms with E-state index in [4.69, 9.17) is 4.55 Å². The Hall–Kier alpha value is -0.670. The van der Waals surface area contributed by atoms with Gasteiger partial charge in [-0.05, 0) is 5.21 Å². The van der Waals surface area contributed by atoms with Gasteiger partial charge in [-0.2, -0.15) is 13.6 Å². The average Bonchev–Trinajstić information content (AvgIpc) is 2.36. The van der Waals surface area contributed by atoms with E-state index in [0.717, 1.165) is 11.8 Å². The molecule has 68 valence electrons. The van der Waals surface area contributed by atoms with Crippen LogP contribution >= 0.6 is 11.8 Å². The molecule has 2 N–H and O–H groups in total. The maximum absolute atomic E-state index is 10.2. The van der Waals surface area contributed by atoms with Gasteiger partial charge in [-0.25, -0.2) is 0 Å². The highest BCUT2D eigenvalue weighted by molar-refractivity contribution is 8.00. The number of rotatable bonds is 4. The normalized spacial score (nSPS) is 11.8. The number of hydrogen-bond acceptors (Lipinski definition) is 6. The van der Waals surface area contributed by atoms with Crippen LogP contribution in [0.5, 0.6) is 0 Å². The van der Waals surface area contributed by atoms with Gasteiger partial charge in [0.05, 0.1) is 5.75 Å². The number of hydrogen-bond donors (Lipinski definition) is 2. The first-order valence-corrected chi connectivity index (χ1v) is 5.49. The highest BCUT2D eigenvalue weighted by Gasteiger charge is 2.05. The number of nitrogens with one attached hydrogen (secondary N) is 1. The summed E-state index contributed by atoms with van der Waals surface area (Å²) in [6.07, 6.45) is 0. The molecule has 1 aromatic heterocycles. The predicted molar refractivity (Wildman–Crippen MR) is 41.3 cm³/mol. The van der Waals surface area contributed by atoms with Gasteiger partial charge >= 0.3 is 0 Å². The summed E-state index contributed by atoms with van der Waals surface area (Å²) in [5, 5.41) is 13.0. The lowest BCUT2D eigenvalue weighted by Crippen LogP contribution is -2.05. The highest BCUT2D eigenvalue weighted by atomic mass is 32.2. The summed E-state index contributed by atoms with van der Waals surface area (Å²) in [4.78, 5) is 0. The summed E-state index contributed by atoms with van der Waals surface area (Å²) >= 11 is 1.10. The number of aromatic amines is 1. The molecule has 0 spiro atoms. The quantitative estimate of drug-likeness (QED) is 0.493. The smallest absolute Gasteiger partial charge is 0.265 e. The van der Waals surface area contributed by atoms with Gasteiger partial charge in [0.15, 0.2) is 0 Å². The Morgan fingerprint density at radius 2 is 2.33 bits per heavy atom. The second kappa shape index (κ2) is 3.83. The maximum atomic E-state index is 10.2. The lowest BCUT2D eigenvalue weighted by Gasteiger charge is -1.92. The van der Waals surface area contributed by atoms with Crippen LogP contribution in [0.1, 0.15) is 0 Å². The molecular formula is C3H6N4O3S2. The van der Waals surface area contributed by atoms with Crippen LogP contribution in [0.15, 0.2) is 5.16 Å². The van der Waals surface area contributed by atoms with Gasteiger partial charge in [0.25, 0.3) is 10.1 Å². The van der Waals surface area contributed by atoms with Gasteiger partial charge in [0.2, 0.25) is 5.16 Å². The minimum atomic E-state index is -3.88. The van der Waals surface area contributed by atoms with Crippen molar-refractivity contribution in [3.05, 3.63) is 0 Å². The molecule has 0 aliphatic carbocycles. The molecule has 7 nitrogen and oxygen atoms in total. The van der Waals surface area contributed by atoms with Crippen molar-refractivity contribution in [1.29, 1.82) is 0 Å². The zero-order chi connectivity index (χ0) is 9.03. The Bertz CT molecular complexity index is 319. The monoisotopic (exact) mass is 210 g/mol. The minimum absolute atomic E-state index is 0.207. The Labute approximate surface area is 72.7 Å². The van der Waals surface area contributed by atoms with Gasteiger partial charge in [-0.15, -0.1) is 10.2 Å². The van der Waals surface area contributed by atoms with Crippen LogP contribution in [-0.2, 0) is 10.1 Å². The molecule has 0 atom stereocenters. The van der Waals surface area contributed by atoms with Crippen LogP contribution in [0, 0.1) is 0 Å². The number of H-pyrrole nitrogens is 1. The van der Waals surface area contributed by atoms with Crippen LogP contribution in [-0.4, -0.2) is 45.1 Å². The number of nitrogens with zero attached hydrogens (tertiary/aromatic N) is 3. The Balaban J connectivity index is 2.29. The SMILES string of the molecule is O=S(=O)(O)CCSc1nn[nH]n1. The molecule has 0 radical (unpaired) electrons. The molecule has 0 aromatic carbocycles. The molecule has 0 fully saturated rings. The average molecular weight is 210 g/mol. The van der Waals surface area contributed by atoms with E-state index in [0.29, 0.717) is 5.16 Å². The second-order valence-electron chi connectivity index (χ2n) is 1.83. The minimum Gasteiger partial charge on any atom is -0.286 e. The van der Waals surface area contributed by atoms with Crippen molar-refractivity contribution in [1.82, 2.24) is 20.6 Å². The van der Waals surface area contributed by atoms with Crippen molar-refractivity contribution in [2.24, 2.45) is 0 Å². The Kier molecular flexibility index (Phi) is 3.00. The Morgan fingerprint density at radius 3 is 2.83 bits per heavy atom. The van der Waals surface area contributed by atoms with Gasteiger partial charge in [-0.3, -0.25) is 4.55 Å². The third kappa shape index (κ3) is 3.64. The molecule has 0 aliphatic rings. The van der Waals surface area contributed by atoms with E-state index in [-0.39, 0.29) is 11.5 Å². The summed E-state index contributed by atoms with van der Waals surface area (Å²) in [6, 6.07) is 0. The fraction of sp³-hybridized carbons (Fsp3) is 0.667. The van der Waals surface area contributed by atoms with Crippen LogP contribution in [0.25, 0.3) is 0 Å². The third-order valence-corrected chi connectivity index (χ3v) is 2.72. The molecule has 1 rings (SSSR count). The highest BCUT2D eigenvalue weighted by Crippen LogP contribution is 2.09.